The van der Waals surface area contributed by atoms with Crippen LogP contribution < -0.4 is 10.6 Å². The van der Waals surface area contributed by atoms with Gasteiger partial charge in [-0.15, -0.1) is 0 Å². The molecule has 0 radical (unpaired) electrons. The number of amides is 5. The molecule has 0 spiro atoms. The molecule has 5 atom stereocenters. The molecular weight excluding hydrogens is 814 g/mol. The van der Waals surface area contributed by atoms with Gasteiger partial charge < -0.3 is 30.6 Å². The number of urea groups is 1. The van der Waals surface area contributed by atoms with Gasteiger partial charge in [-0.3, -0.25) is 19.5 Å². The van der Waals surface area contributed by atoms with Crippen LogP contribution in [0.1, 0.15) is 70.2 Å². The Morgan fingerprint density at radius 1 is 0.778 bits per heavy atom. The number of hydrogen-bond acceptors (Lipinski definition) is 6. The van der Waals surface area contributed by atoms with Crippen molar-refractivity contribution in [1.29, 1.82) is 0 Å². The molecule has 12 nitrogen and oxygen atoms in total. The van der Waals surface area contributed by atoms with E-state index in [1.54, 1.807) is 27.0 Å². The molecule has 1 aliphatic rings. The first-order valence-corrected chi connectivity index (χ1v) is 21.0. The lowest BCUT2D eigenvalue weighted by Crippen LogP contribution is -2.59. The zero-order valence-electron chi connectivity index (χ0n) is 36.9. The van der Waals surface area contributed by atoms with E-state index in [0.29, 0.717) is 5.56 Å². The molecule has 2 heterocycles. The number of aromatic nitrogens is 1. The van der Waals surface area contributed by atoms with E-state index in [0.717, 1.165) is 39.4 Å². The Kier molecular flexibility index (Phi) is 15.3. The molecule has 4 aromatic rings. The van der Waals surface area contributed by atoms with Crippen molar-refractivity contribution in [3.05, 3.63) is 126 Å². The van der Waals surface area contributed by atoms with Crippen LogP contribution in [0.2, 0.25) is 0 Å². The van der Waals surface area contributed by atoms with Gasteiger partial charge in [-0.2, -0.15) is 13.2 Å². The fraction of sp³-hybridized carbons (Fsp3) is 0.438. The van der Waals surface area contributed by atoms with E-state index in [1.807, 2.05) is 93.6 Å². The van der Waals surface area contributed by atoms with Crippen molar-refractivity contribution in [1.82, 2.24) is 30.3 Å². The van der Waals surface area contributed by atoms with E-state index in [-0.39, 0.29) is 38.9 Å². The van der Waals surface area contributed by atoms with Gasteiger partial charge in [-0.25, -0.2) is 9.59 Å². The quantitative estimate of drug-likeness (QED) is 0.0902. The molecular formula is C48H59F3N6O6. The van der Waals surface area contributed by atoms with Crippen LogP contribution in [0, 0.1) is 10.8 Å². The average molecular weight is 873 g/mol. The molecule has 4 N–H and O–H groups in total. The van der Waals surface area contributed by atoms with Gasteiger partial charge in [0.05, 0.1) is 23.4 Å². The molecule has 5 rings (SSSR count). The minimum Gasteiger partial charge on any atom is -0.465 e. The summed E-state index contributed by atoms with van der Waals surface area (Å²) in [6.07, 6.45) is -4.99. The van der Waals surface area contributed by atoms with Crippen molar-refractivity contribution < 1.29 is 42.6 Å². The number of carbonyl (C=O) groups is 4. The minimum absolute atomic E-state index is 0.0489. The van der Waals surface area contributed by atoms with E-state index >= 15 is 0 Å². The molecule has 1 aliphatic heterocycles. The van der Waals surface area contributed by atoms with Gasteiger partial charge in [0.2, 0.25) is 11.8 Å². The average Bonchev–Trinajstić information content (AvgIpc) is 3.55. The van der Waals surface area contributed by atoms with E-state index in [1.165, 1.54) is 29.0 Å². The maximum atomic E-state index is 14.6. The van der Waals surface area contributed by atoms with Crippen LogP contribution in [0.25, 0.3) is 11.3 Å². The van der Waals surface area contributed by atoms with E-state index in [2.05, 4.69) is 15.6 Å². The lowest BCUT2D eigenvalue weighted by molar-refractivity contribution is -0.137. The van der Waals surface area contributed by atoms with Crippen LogP contribution in [0.15, 0.2) is 103 Å². The number of benzene rings is 3. The molecule has 0 unspecified atom stereocenters. The highest BCUT2D eigenvalue weighted by atomic mass is 19.4. The second-order valence-electron chi connectivity index (χ2n) is 18.5. The molecule has 15 heteroatoms. The SMILES string of the molecule is CN(C(=O)O)[C@H](C(=O)N[C@@H](Cc1ccc(-c2ccccn2)cc1)C[C@H](O)[C@H](Cc1ccccc1)NC(=O)[C@@H](N1CCN(Cc2cccc(C(F)(F)F)c2)C1=O)C(C)(C)C)C(C)(C)C. The molecule has 3 aromatic carbocycles. The summed E-state index contributed by atoms with van der Waals surface area (Å²) in [7, 11) is 1.34. The number of nitrogens with zero attached hydrogens (tertiary/aromatic N) is 4. The first-order chi connectivity index (χ1) is 29.5. The van der Waals surface area contributed by atoms with Gasteiger partial charge in [0.15, 0.2) is 0 Å². The predicted octanol–water partition coefficient (Wildman–Crippen LogP) is 7.65. The minimum atomic E-state index is -4.54. The van der Waals surface area contributed by atoms with Gasteiger partial charge in [-0.1, -0.05) is 114 Å². The number of hydrogen-bond donors (Lipinski definition) is 4. The third kappa shape index (κ3) is 12.8. The van der Waals surface area contributed by atoms with Crippen molar-refractivity contribution in [3.63, 3.8) is 0 Å². The smallest absolute Gasteiger partial charge is 0.416 e. The molecule has 1 aromatic heterocycles. The Labute approximate surface area is 367 Å². The van der Waals surface area contributed by atoms with Crippen LogP contribution in [0.3, 0.4) is 0 Å². The topological polar surface area (TPSA) is 155 Å². The van der Waals surface area contributed by atoms with Crippen LogP contribution in [0.5, 0.6) is 0 Å². The Bertz CT molecular complexity index is 2180. The molecule has 0 bridgehead atoms. The first-order valence-electron chi connectivity index (χ1n) is 21.0. The Hall–Kier alpha value is -5.96. The summed E-state index contributed by atoms with van der Waals surface area (Å²) in [4.78, 5) is 63.0. The first kappa shape index (κ1) is 48.1. The standard InChI is InChI=1S/C48H59F3N6O6/c1-46(2,3)40(55(7)45(62)63)42(59)53-36(27-32-19-21-34(22-20-32)37-18-11-12-23-52-37)29-39(58)38(28-31-14-9-8-10-15-31)54-43(60)41(47(4,5)6)57-25-24-56(44(57)61)30-33-16-13-17-35(26-33)48(49,50)51/h8-23,26,36,38-41,58H,24-25,27-30H2,1-7H3,(H,53,59)(H,54,60)(H,62,63)/t36-,38-,39-,40+,41+/m0/s1. The number of likely N-dealkylation sites (N-methyl/N-ethyl adjacent to an activating group) is 1. The summed E-state index contributed by atoms with van der Waals surface area (Å²) >= 11 is 0. The number of nitrogens with one attached hydrogen (secondary N) is 2. The number of carboxylic acid groups (broad SMARTS) is 1. The van der Waals surface area contributed by atoms with Gasteiger partial charge in [0.1, 0.15) is 12.1 Å². The summed E-state index contributed by atoms with van der Waals surface area (Å²) < 4.78 is 40.4. The molecule has 63 heavy (non-hydrogen) atoms. The second-order valence-corrected chi connectivity index (χ2v) is 18.5. The largest absolute Gasteiger partial charge is 0.465 e. The van der Waals surface area contributed by atoms with Crippen molar-refractivity contribution in [2.24, 2.45) is 10.8 Å². The summed E-state index contributed by atoms with van der Waals surface area (Å²) in [5.41, 5.74) is 1.16. The molecule has 5 amide bonds. The third-order valence-corrected chi connectivity index (χ3v) is 11.3. The Morgan fingerprint density at radius 2 is 1.41 bits per heavy atom. The molecule has 0 saturated carbocycles. The highest BCUT2D eigenvalue weighted by molar-refractivity contribution is 5.89. The zero-order valence-corrected chi connectivity index (χ0v) is 36.9. The predicted molar refractivity (Wildman–Crippen MR) is 234 cm³/mol. The number of aliphatic hydroxyl groups excluding tert-OH is 1. The monoisotopic (exact) mass is 872 g/mol. The number of alkyl halides is 3. The number of pyridine rings is 1. The number of rotatable bonds is 16. The van der Waals surface area contributed by atoms with Crippen LogP contribution in [0.4, 0.5) is 22.8 Å². The van der Waals surface area contributed by atoms with E-state index in [4.69, 9.17) is 0 Å². The van der Waals surface area contributed by atoms with Gasteiger partial charge in [0, 0.05) is 44.5 Å². The number of carbonyl (C=O) groups excluding carboxylic acids is 3. The lowest BCUT2D eigenvalue weighted by atomic mass is 9.84. The summed E-state index contributed by atoms with van der Waals surface area (Å²) in [5.74, 6) is -1.08. The second kappa shape index (κ2) is 20.0. The summed E-state index contributed by atoms with van der Waals surface area (Å²) in [6, 6.07) is 23.0. The third-order valence-electron chi connectivity index (χ3n) is 11.3. The molecule has 1 saturated heterocycles. The molecule has 338 valence electrons. The van der Waals surface area contributed by atoms with E-state index in [9.17, 15) is 42.6 Å². The van der Waals surface area contributed by atoms with Crippen molar-refractivity contribution in [3.8, 4) is 11.3 Å². The van der Waals surface area contributed by atoms with E-state index < -0.39 is 76.8 Å². The van der Waals surface area contributed by atoms with Gasteiger partial charge >= 0.3 is 18.3 Å². The van der Waals surface area contributed by atoms with Crippen LogP contribution >= 0.6 is 0 Å². The van der Waals surface area contributed by atoms with Crippen molar-refractivity contribution in [2.45, 2.75) is 104 Å². The zero-order chi connectivity index (χ0) is 46.3. The highest BCUT2D eigenvalue weighted by Gasteiger charge is 2.45. The molecule has 1 fully saturated rings. The maximum Gasteiger partial charge on any atom is 0.416 e. The van der Waals surface area contributed by atoms with Crippen LogP contribution in [-0.4, -0.2) is 104 Å². The highest BCUT2D eigenvalue weighted by Crippen LogP contribution is 2.32. The Balaban J connectivity index is 1.42. The number of aliphatic hydroxyl groups is 1. The van der Waals surface area contributed by atoms with Crippen molar-refractivity contribution in [2.75, 3.05) is 20.1 Å². The van der Waals surface area contributed by atoms with Gasteiger partial charge in [0.25, 0.3) is 0 Å². The normalized spacial score (nSPS) is 15.9. The number of halogens is 3. The molecule has 0 aliphatic carbocycles. The maximum absolute atomic E-state index is 14.6. The fourth-order valence-electron chi connectivity index (χ4n) is 8.29. The lowest BCUT2D eigenvalue weighted by Gasteiger charge is -2.38. The Morgan fingerprint density at radius 3 is 2.00 bits per heavy atom. The van der Waals surface area contributed by atoms with Crippen LogP contribution in [-0.2, 0) is 35.2 Å². The summed E-state index contributed by atoms with van der Waals surface area (Å²) in [6.45, 7) is 11.0. The fourth-order valence-corrected chi connectivity index (χ4v) is 8.29. The van der Waals surface area contributed by atoms with Crippen molar-refractivity contribution >= 4 is 23.9 Å². The summed E-state index contributed by atoms with van der Waals surface area (Å²) in [5, 5.41) is 28.2. The van der Waals surface area contributed by atoms with Gasteiger partial charge in [-0.05, 0) is 71.0 Å².